The number of aryl methyl sites for hydroxylation is 1. The number of fused-ring (bicyclic) bond motifs is 1. The van der Waals surface area contributed by atoms with Crippen molar-refractivity contribution in [3.05, 3.63) is 83.9 Å². The normalized spacial score (nSPS) is 18.0. The van der Waals surface area contributed by atoms with Gasteiger partial charge >= 0.3 is 6.03 Å². The van der Waals surface area contributed by atoms with Crippen molar-refractivity contribution in [3.8, 4) is 5.75 Å². The van der Waals surface area contributed by atoms with Crippen LogP contribution < -0.4 is 14.8 Å². The fourth-order valence-corrected chi connectivity index (χ4v) is 5.79. The Balaban J connectivity index is 1.62. The van der Waals surface area contributed by atoms with Gasteiger partial charge in [0.05, 0.1) is 30.5 Å². The molecule has 0 fully saturated rings. The van der Waals surface area contributed by atoms with E-state index in [4.69, 9.17) is 4.74 Å². The van der Waals surface area contributed by atoms with Crippen molar-refractivity contribution in [1.82, 2.24) is 9.80 Å². The van der Waals surface area contributed by atoms with Crippen molar-refractivity contribution in [1.29, 1.82) is 0 Å². The molecule has 0 saturated heterocycles. The summed E-state index contributed by atoms with van der Waals surface area (Å²) in [6.07, 6.45) is -0.562. The second-order valence-corrected chi connectivity index (χ2v) is 12.5. The fourth-order valence-electron chi connectivity index (χ4n) is 4.74. The van der Waals surface area contributed by atoms with E-state index in [0.717, 1.165) is 5.56 Å². The lowest BCUT2D eigenvalue weighted by atomic mass is 10.0. The number of anilines is 2. The van der Waals surface area contributed by atoms with Gasteiger partial charge in [-0.15, -0.1) is 0 Å². The average Bonchev–Trinajstić information content (AvgIpc) is 3.00. The molecule has 3 atom stereocenters. The summed E-state index contributed by atoms with van der Waals surface area (Å²) in [5, 5.41) is 12.7. The van der Waals surface area contributed by atoms with E-state index in [2.05, 4.69) is 10.0 Å². The molecule has 0 unspecified atom stereocenters. The zero-order valence-electron chi connectivity index (χ0n) is 24.3. The molecule has 3 aromatic carbocycles. The van der Waals surface area contributed by atoms with E-state index >= 15 is 0 Å². The molecule has 1 aliphatic rings. The van der Waals surface area contributed by atoms with Crippen molar-refractivity contribution in [3.63, 3.8) is 0 Å². The van der Waals surface area contributed by atoms with Crippen molar-refractivity contribution in [2.75, 3.05) is 36.8 Å². The molecule has 1 heterocycles. The molecule has 0 saturated carbocycles. The maximum absolute atomic E-state index is 13.5. The minimum absolute atomic E-state index is 0.0520. The van der Waals surface area contributed by atoms with Crippen LogP contribution in [-0.2, 0) is 21.2 Å². The zero-order chi connectivity index (χ0) is 30.4. The topological polar surface area (TPSA) is 128 Å². The van der Waals surface area contributed by atoms with Gasteiger partial charge in [0.1, 0.15) is 11.9 Å². The molecule has 4 rings (SSSR count). The Kier molecular flexibility index (Phi) is 9.74. The van der Waals surface area contributed by atoms with Crippen LogP contribution in [0.5, 0.6) is 5.75 Å². The summed E-state index contributed by atoms with van der Waals surface area (Å²) in [6.45, 7) is 5.89. The van der Waals surface area contributed by atoms with E-state index in [1.54, 1.807) is 61.3 Å². The molecule has 10 nitrogen and oxygen atoms in total. The molecule has 3 N–H and O–H groups in total. The molecule has 0 spiro atoms. The predicted octanol–water partition coefficient (Wildman–Crippen LogP) is 4.11. The number of nitrogens with zero attached hydrogens (tertiary/aromatic N) is 2. The maximum Gasteiger partial charge on any atom is 0.321 e. The van der Waals surface area contributed by atoms with E-state index in [1.165, 1.54) is 17.0 Å². The molecule has 0 bridgehead atoms. The minimum atomic E-state index is -3.86. The van der Waals surface area contributed by atoms with Crippen molar-refractivity contribution >= 4 is 33.3 Å². The summed E-state index contributed by atoms with van der Waals surface area (Å²) in [6, 6.07) is 19.7. The molecule has 0 radical (unpaired) electrons. The number of benzene rings is 3. The molecular weight excluding hydrogens is 556 g/mol. The highest BCUT2D eigenvalue weighted by Crippen LogP contribution is 2.30. The molecule has 224 valence electrons. The Morgan fingerprint density at radius 3 is 2.45 bits per heavy atom. The highest BCUT2D eigenvalue weighted by molar-refractivity contribution is 7.92. The summed E-state index contributed by atoms with van der Waals surface area (Å²) in [5.74, 6) is -0.00272. The van der Waals surface area contributed by atoms with Gasteiger partial charge < -0.3 is 25.0 Å². The monoisotopic (exact) mass is 594 g/mol. The molecule has 3 aromatic rings. The quantitative estimate of drug-likeness (QED) is 0.360. The van der Waals surface area contributed by atoms with Gasteiger partial charge in [-0.05, 0) is 56.3 Å². The number of likely N-dealkylation sites (N-methyl/N-ethyl adjacent to an activating group) is 1. The molecule has 0 aromatic heterocycles. The number of carbonyl (C=O) groups excluding carboxylic acids is 2. The van der Waals surface area contributed by atoms with Crippen LogP contribution in [0.25, 0.3) is 0 Å². The summed E-state index contributed by atoms with van der Waals surface area (Å²) in [4.78, 5) is 29.7. The van der Waals surface area contributed by atoms with Gasteiger partial charge in [-0.25, -0.2) is 13.2 Å². The van der Waals surface area contributed by atoms with E-state index < -0.39 is 22.2 Å². The van der Waals surface area contributed by atoms with Crippen LogP contribution in [0.2, 0.25) is 0 Å². The smallest absolute Gasteiger partial charge is 0.321 e. The standard InChI is InChI=1S/C31H38N4O6S/c1-21-10-13-27(14-11-21)42(39,40)33-26-12-15-28-24(16-26)17-30(37)35(23(3)20-36)18-22(2)29(41-28)19-34(4)31(38)32-25-8-6-5-7-9-25/h5-16,22-23,29,33,36H,17-20H2,1-4H3,(H,32,38)/t22-,23-,29-/m1/s1. The van der Waals surface area contributed by atoms with Gasteiger partial charge in [0.15, 0.2) is 0 Å². The van der Waals surface area contributed by atoms with E-state index in [1.807, 2.05) is 32.0 Å². The number of ether oxygens (including phenoxy) is 1. The van der Waals surface area contributed by atoms with Crippen LogP contribution in [0.1, 0.15) is 25.0 Å². The third-order valence-electron chi connectivity index (χ3n) is 7.33. The summed E-state index contributed by atoms with van der Waals surface area (Å²) >= 11 is 0. The van der Waals surface area contributed by atoms with E-state index in [0.29, 0.717) is 23.5 Å². The van der Waals surface area contributed by atoms with Crippen LogP contribution in [0.3, 0.4) is 0 Å². The molecule has 11 heteroatoms. The molecule has 3 amide bonds. The second-order valence-electron chi connectivity index (χ2n) is 10.8. The highest BCUT2D eigenvalue weighted by Gasteiger charge is 2.32. The van der Waals surface area contributed by atoms with Crippen molar-refractivity contribution < 1.29 is 27.9 Å². The van der Waals surface area contributed by atoms with Gasteiger partial charge in [-0.3, -0.25) is 9.52 Å². The number of sulfonamides is 1. The third kappa shape index (κ3) is 7.59. The first kappa shape index (κ1) is 30.9. The molecule has 1 aliphatic heterocycles. The van der Waals surface area contributed by atoms with Gasteiger partial charge in [0.2, 0.25) is 5.91 Å². The zero-order valence-corrected chi connectivity index (χ0v) is 25.1. The largest absolute Gasteiger partial charge is 0.488 e. The molecule has 0 aliphatic carbocycles. The lowest BCUT2D eigenvalue weighted by molar-refractivity contribution is -0.134. The Labute approximate surface area is 247 Å². The number of rotatable bonds is 8. The number of aliphatic hydroxyl groups is 1. The Hall–Kier alpha value is -4.09. The van der Waals surface area contributed by atoms with Gasteiger partial charge in [0.25, 0.3) is 10.0 Å². The first-order valence-electron chi connectivity index (χ1n) is 13.8. The minimum Gasteiger partial charge on any atom is -0.488 e. The summed E-state index contributed by atoms with van der Waals surface area (Å²) < 4.78 is 35.1. The number of urea groups is 1. The number of hydrogen-bond acceptors (Lipinski definition) is 6. The highest BCUT2D eigenvalue weighted by atomic mass is 32.2. The Morgan fingerprint density at radius 2 is 1.79 bits per heavy atom. The Bertz CT molecular complexity index is 1500. The van der Waals surface area contributed by atoms with Crippen LogP contribution in [0.15, 0.2) is 77.7 Å². The number of hydrogen-bond donors (Lipinski definition) is 3. The number of carbonyl (C=O) groups is 2. The van der Waals surface area contributed by atoms with Crippen molar-refractivity contribution in [2.24, 2.45) is 5.92 Å². The van der Waals surface area contributed by atoms with Gasteiger partial charge in [0, 0.05) is 36.4 Å². The molecule has 42 heavy (non-hydrogen) atoms. The lowest BCUT2D eigenvalue weighted by Gasteiger charge is -2.34. The van der Waals surface area contributed by atoms with Gasteiger partial charge in [-0.2, -0.15) is 0 Å². The number of amides is 3. The lowest BCUT2D eigenvalue weighted by Crippen LogP contribution is -2.48. The first-order chi connectivity index (χ1) is 20.0. The molecular formula is C31H38N4O6S. The van der Waals surface area contributed by atoms with Crippen LogP contribution in [0, 0.1) is 12.8 Å². The maximum atomic E-state index is 13.5. The SMILES string of the molecule is Cc1ccc(S(=O)(=O)Nc2ccc3c(c2)CC(=O)N([C@H](C)CO)C[C@@H](C)[C@@H](CN(C)C(=O)Nc2ccccc2)O3)cc1. The summed E-state index contributed by atoms with van der Waals surface area (Å²) in [5.41, 5.74) is 2.39. The van der Waals surface area contributed by atoms with E-state index in [9.17, 15) is 23.1 Å². The third-order valence-corrected chi connectivity index (χ3v) is 8.72. The predicted molar refractivity (Wildman–Crippen MR) is 162 cm³/mol. The van der Waals surface area contributed by atoms with Crippen LogP contribution in [-0.4, -0.2) is 74.2 Å². The van der Waals surface area contributed by atoms with Crippen molar-refractivity contribution in [2.45, 2.75) is 44.2 Å². The summed E-state index contributed by atoms with van der Waals surface area (Å²) in [7, 11) is -2.19. The first-order valence-corrected chi connectivity index (χ1v) is 15.3. The second kappa shape index (κ2) is 13.3. The van der Waals surface area contributed by atoms with Gasteiger partial charge in [-0.1, -0.05) is 42.8 Å². The van der Waals surface area contributed by atoms with Crippen LogP contribution in [0.4, 0.5) is 16.2 Å². The number of nitrogens with one attached hydrogen (secondary N) is 2. The fraction of sp³-hybridized carbons (Fsp3) is 0.355. The average molecular weight is 595 g/mol. The Morgan fingerprint density at radius 1 is 1.10 bits per heavy atom. The number of aliphatic hydroxyl groups excluding tert-OH is 1. The number of para-hydroxylation sites is 1. The van der Waals surface area contributed by atoms with Crippen LogP contribution >= 0.6 is 0 Å². The van der Waals surface area contributed by atoms with E-state index in [-0.39, 0.29) is 48.0 Å².